The van der Waals surface area contributed by atoms with Crippen molar-refractivity contribution in [2.75, 3.05) is 0 Å². The summed E-state index contributed by atoms with van der Waals surface area (Å²) in [5, 5.41) is 11.7. The van der Waals surface area contributed by atoms with Gasteiger partial charge >= 0.3 is 5.97 Å². The van der Waals surface area contributed by atoms with Crippen LogP contribution < -0.4 is 10.9 Å². The number of amides is 1. The average Bonchev–Trinajstić information content (AvgIpc) is 3.31. The summed E-state index contributed by atoms with van der Waals surface area (Å²) in [6, 6.07) is 18.1. The van der Waals surface area contributed by atoms with Gasteiger partial charge in [-0.1, -0.05) is 35.5 Å². The molecular formula is C26H20FN5O4. The van der Waals surface area contributed by atoms with E-state index in [-0.39, 0.29) is 12.0 Å². The van der Waals surface area contributed by atoms with E-state index in [1.54, 1.807) is 30.5 Å². The van der Waals surface area contributed by atoms with Crippen molar-refractivity contribution in [2.24, 2.45) is 0 Å². The van der Waals surface area contributed by atoms with Crippen molar-refractivity contribution in [3.8, 4) is 0 Å². The summed E-state index contributed by atoms with van der Waals surface area (Å²) >= 11 is 0. The molecule has 0 spiro atoms. The highest BCUT2D eigenvalue weighted by molar-refractivity contribution is 5.97. The number of ether oxygens (including phenoxy) is 1. The number of aromatic nitrogens is 4. The molecule has 0 fully saturated rings. The molecule has 2 N–H and O–H groups in total. The summed E-state index contributed by atoms with van der Waals surface area (Å²) in [6.45, 7) is -0.480. The van der Waals surface area contributed by atoms with Crippen LogP contribution in [0.15, 0.2) is 83.8 Å². The number of carbonyl (C=O) groups is 2. The Morgan fingerprint density at radius 2 is 1.72 bits per heavy atom. The molecule has 10 heteroatoms. The lowest BCUT2D eigenvalue weighted by Crippen LogP contribution is -2.44. The molecule has 0 saturated carbocycles. The molecule has 0 saturated heterocycles. The molecule has 2 heterocycles. The van der Waals surface area contributed by atoms with Crippen LogP contribution in [-0.4, -0.2) is 37.9 Å². The van der Waals surface area contributed by atoms with Crippen molar-refractivity contribution in [3.63, 3.8) is 0 Å². The number of rotatable bonds is 7. The molecule has 0 radical (unpaired) electrons. The lowest BCUT2D eigenvalue weighted by atomic mass is 10.0. The summed E-state index contributed by atoms with van der Waals surface area (Å²) in [5.74, 6) is -1.82. The van der Waals surface area contributed by atoms with Crippen LogP contribution in [0.25, 0.3) is 21.8 Å². The number of benzene rings is 3. The van der Waals surface area contributed by atoms with Crippen LogP contribution in [-0.2, 0) is 22.7 Å². The summed E-state index contributed by atoms with van der Waals surface area (Å²) in [4.78, 5) is 41.7. The normalized spacial score (nSPS) is 11.9. The van der Waals surface area contributed by atoms with Crippen molar-refractivity contribution in [2.45, 2.75) is 19.2 Å². The number of para-hydroxylation sites is 1. The van der Waals surface area contributed by atoms with Gasteiger partial charge < -0.3 is 15.0 Å². The van der Waals surface area contributed by atoms with E-state index >= 15 is 0 Å². The maximum atomic E-state index is 13.3. The SMILES string of the molecule is O=C(NC(Cc1c[nH]c2ccccc12)C(=O)OCn1nnc2ccccc2c1=O)c1ccc(F)cc1. The van der Waals surface area contributed by atoms with Gasteiger partial charge in [-0.3, -0.25) is 9.59 Å². The van der Waals surface area contributed by atoms with Crippen LogP contribution in [0, 0.1) is 5.82 Å². The predicted octanol–water partition coefficient (Wildman–Crippen LogP) is 2.95. The molecule has 1 atom stereocenters. The van der Waals surface area contributed by atoms with E-state index in [9.17, 15) is 18.8 Å². The lowest BCUT2D eigenvalue weighted by Gasteiger charge is -2.18. The van der Waals surface area contributed by atoms with E-state index < -0.39 is 36.0 Å². The number of fused-ring (bicyclic) bond motifs is 2. The van der Waals surface area contributed by atoms with E-state index in [2.05, 4.69) is 20.6 Å². The highest BCUT2D eigenvalue weighted by Crippen LogP contribution is 2.20. The van der Waals surface area contributed by atoms with E-state index in [4.69, 9.17) is 4.74 Å². The fourth-order valence-electron chi connectivity index (χ4n) is 3.89. The molecule has 1 amide bonds. The third-order valence-electron chi connectivity index (χ3n) is 5.75. The molecule has 3 aromatic carbocycles. The van der Waals surface area contributed by atoms with E-state index in [1.807, 2.05) is 24.3 Å². The Morgan fingerprint density at radius 3 is 2.53 bits per heavy atom. The topological polar surface area (TPSA) is 119 Å². The number of nitrogens with one attached hydrogen (secondary N) is 2. The van der Waals surface area contributed by atoms with Crippen LogP contribution in [0.4, 0.5) is 4.39 Å². The molecule has 0 aliphatic heterocycles. The van der Waals surface area contributed by atoms with Crippen LogP contribution >= 0.6 is 0 Å². The molecule has 0 aliphatic rings. The Balaban J connectivity index is 1.38. The second-order valence-electron chi connectivity index (χ2n) is 8.10. The highest BCUT2D eigenvalue weighted by Gasteiger charge is 2.25. The van der Waals surface area contributed by atoms with Crippen LogP contribution in [0.1, 0.15) is 15.9 Å². The number of carbonyl (C=O) groups excluding carboxylic acids is 2. The Bertz CT molecular complexity index is 1630. The van der Waals surface area contributed by atoms with E-state index in [0.29, 0.717) is 10.9 Å². The number of halogens is 1. The second-order valence-corrected chi connectivity index (χ2v) is 8.10. The third-order valence-corrected chi connectivity index (χ3v) is 5.75. The van der Waals surface area contributed by atoms with Gasteiger partial charge in [-0.15, -0.1) is 5.10 Å². The van der Waals surface area contributed by atoms with Gasteiger partial charge in [0.1, 0.15) is 17.4 Å². The first kappa shape index (κ1) is 22.9. The van der Waals surface area contributed by atoms with Gasteiger partial charge in [0.15, 0.2) is 6.73 Å². The maximum absolute atomic E-state index is 13.3. The first-order valence-corrected chi connectivity index (χ1v) is 11.1. The number of hydrogen-bond donors (Lipinski definition) is 2. The van der Waals surface area contributed by atoms with Crippen molar-refractivity contribution in [1.82, 2.24) is 25.3 Å². The summed E-state index contributed by atoms with van der Waals surface area (Å²) in [5.41, 5.74) is 1.81. The van der Waals surface area contributed by atoms with Gasteiger partial charge in [0.25, 0.3) is 11.5 Å². The minimum absolute atomic E-state index is 0.119. The minimum atomic E-state index is -1.09. The zero-order chi connectivity index (χ0) is 25.1. The van der Waals surface area contributed by atoms with E-state index in [1.165, 1.54) is 12.1 Å². The zero-order valence-corrected chi connectivity index (χ0v) is 18.8. The van der Waals surface area contributed by atoms with Crippen molar-refractivity contribution < 1.29 is 18.7 Å². The van der Waals surface area contributed by atoms with Gasteiger partial charge in [0.2, 0.25) is 0 Å². The Kier molecular flexibility index (Phi) is 6.23. The Hall–Kier alpha value is -4.86. The predicted molar refractivity (Wildman–Crippen MR) is 130 cm³/mol. The molecular weight excluding hydrogens is 465 g/mol. The summed E-state index contributed by atoms with van der Waals surface area (Å²) in [7, 11) is 0. The third kappa shape index (κ3) is 4.69. The zero-order valence-electron chi connectivity index (χ0n) is 18.8. The fourth-order valence-corrected chi connectivity index (χ4v) is 3.89. The molecule has 36 heavy (non-hydrogen) atoms. The molecule has 180 valence electrons. The molecule has 2 aromatic heterocycles. The van der Waals surface area contributed by atoms with Crippen molar-refractivity contribution in [1.29, 1.82) is 0 Å². The summed E-state index contributed by atoms with van der Waals surface area (Å²) in [6.07, 6.45) is 1.88. The van der Waals surface area contributed by atoms with Crippen molar-refractivity contribution in [3.05, 3.63) is 106 Å². The van der Waals surface area contributed by atoms with Crippen molar-refractivity contribution >= 4 is 33.7 Å². The molecule has 0 aliphatic carbocycles. The number of nitrogens with zero attached hydrogens (tertiary/aromatic N) is 3. The van der Waals surface area contributed by atoms with Crippen LogP contribution in [0.2, 0.25) is 0 Å². The molecule has 9 nitrogen and oxygen atoms in total. The minimum Gasteiger partial charge on any atom is -0.441 e. The standard InChI is InChI=1S/C26H20FN5O4/c27-18-11-9-16(10-12-18)24(33)29-23(13-17-14-28-21-7-3-1-5-19(17)21)26(35)36-15-32-25(34)20-6-2-4-8-22(20)30-31-32/h1-12,14,23,28H,13,15H2,(H,29,33). The number of H-pyrrole nitrogens is 1. The molecule has 5 aromatic rings. The molecule has 0 bridgehead atoms. The smallest absolute Gasteiger partial charge is 0.330 e. The number of hydrogen-bond acceptors (Lipinski definition) is 6. The number of esters is 1. The second kappa shape index (κ2) is 9.79. The Morgan fingerprint density at radius 1 is 1.00 bits per heavy atom. The maximum Gasteiger partial charge on any atom is 0.330 e. The van der Waals surface area contributed by atoms with Gasteiger partial charge in [-0.25, -0.2) is 9.18 Å². The molecule has 5 rings (SSSR count). The fraction of sp³-hybridized carbons (Fsp3) is 0.115. The van der Waals surface area contributed by atoms with E-state index in [0.717, 1.165) is 33.3 Å². The molecule has 1 unspecified atom stereocenters. The largest absolute Gasteiger partial charge is 0.441 e. The van der Waals surface area contributed by atoms with Crippen LogP contribution in [0.5, 0.6) is 0 Å². The monoisotopic (exact) mass is 485 g/mol. The Labute approximate surface area is 203 Å². The van der Waals surface area contributed by atoms with Gasteiger partial charge in [-0.2, -0.15) is 4.68 Å². The van der Waals surface area contributed by atoms with Crippen LogP contribution in [0.3, 0.4) is 0 Å². The summed E-state index contributed by atoms with van der Waals surface area (Å²) < 4.78 is 19.6. The lowest BCUT2D eigenvalue weighted by molar-refractivity contribution is -0.150. The quantitative estimate of drug-likeness (QED) is 0.342. The first-order chi connectivity index (χ1) is 17.5. The van der Waals surface area contributed by atoms with Gasteiger partial charge in [-0.05, 0) is 48.0 Å². The first-order valence-electron chi connectivity index (χ1n) is 11.1. The average molecular weight is 485 g/mol. The van der Waals surface area contributed by atoms with Gasteiger partial charge in [0, 0.05) is 29.1 Å². The van der Waals surface area contributed by atoms with Gasteiger partial charge in [0.05, 0.1) is 5.39 Å². The number of aromatic amines is 1. The highest BCUT2D eigenvalue weighted by atomic mass is 19.1.